The molecule has 4 nitrogen and oxygen atoms in total. The van der Waals surface area contributed by atoms with Crippen molar-refractivity contribution in [2.24, 2.45) is 0 Å². The van der Waals surface area contributed by atoms with E-state index in [-0.39, 0.29) is 12.5 Å². The third-order valence-corrected chi connectivity index (χ3v) is 3.50. The fourth-order valence-electron chi connectivity index (χ4n) is 2.68. The van der Waals surface area contributed by atoms with E-state index < -0.39 is 0 Å². The molecule has 0 saturated carbocycles. The van der Waals surface area contributed by atoms with Gasteiger partial charge in [0.05, 0.1) is 0 Å². The molecule has 1 unspecified atom stereocenters. The summed E-state index contributed by atoms with van der Waals surface area (Å²) in [6.07, 6.45) is 2.06. The summed E-state index contributed by atoms with van der Waals surface area (Å²) in [5, 5.41) is 3.50. The third-order valence-electron chi connectivity index (χ3n) is 3.50. The predicted molar refractivity (Wildman–Crippen MR) is 76.3 cm³/mol. The number of ether oxygens (including phenoxy) is 1. The second kappa shape index (κ2) is 6.68. The Labute approximate surface area is 114 Å². The van der Waals surface area contributed by atoms with E-state index in [1.165, 1.54) is 5.56 Å². The molecule has 1 atom stereocenters. The van der Waals surface area contributed by atoms with Crippen LogP contribution in [0.5, 0.6) is 0 Å². The lowest BCUT2D eigenvalue weighted by Crippen LogP contribution is -2.34. The number of methoxy groups -OCH3 is 1. The first-order valence-corrected chi connectivity index (χ1v) is 6.89. The number of carbonyl (C=O) groups is 1. The molecule has 0 spiro atoms. The van der Waals surface area contributed by atoms with Gasteiger partial charge < -0.3 is 15.0 Å². The van der Waals surface area contributed by atoms with Gasteiger partial charge in [0.2, 0.25) is 0 Å². The number of benzene rings is 1. The normalized spacial score (nSPS) is 18.8. The monoisotopic (exact) mass is 262 g/mol. The zero-order valence-electron chi connectivity index (χ0n) is 11.7. The van der Waals surface area contributed by atoms with E-state index in [4.69, 9.17) is 4.74 Å². The Hall–Kier alpha value is -1.39. The van der Waals surface area contributed by atoms with Crippen molar-refractivity contribution in [2.75, 3.05) is 31.7 Å². The molecule has 0 aromatic heterocycles. The number of anilines is 1. The minimum absolute atomic E-state index is 0.0344. The van der Waals surface area contributed by atoms with Gasteiger partial charge >= 0.3 is 0 Å². The molecule has 104 valence electrons. The lowest BCUT2D eigenvalue weighted by Gasteiger charge is -2.24. The van der Waals surface area contributed by atoms with Gasteiger partial charge in [0.1, 0.15) is 6.61 Å². The van der Waals surface area contributed by atoms with Gasteiger partial charge in [-0.25, -0.2) is 0 Å². The van der Waals surface area contributed by atoms with Crippen molar-refractivity contribution in [3.63, 3.8) is 0 Å². The van der Waals surface area contributed by atoms with Crippen LogP contribution < -0.4 is 10.2 Å². The standard InChI is InChI=1S/C15H22N2O2/c1-3-16-13-8-6-10-17(15(18)11-19-2)14-9-5-4-7-12(13)14/h4-5,7,9,13,16H,3,6,8,10-11H2,1-2H3. The molecule has 1 aromatic rings. The molecular formula is C15H22N2O2. The number of hydrogen-bond acceptors (Lipinski definition) is 3. The van der Waals surface area contributed by atoms with Crippen LogP contribution in [-0.4, -0.2) is 32.7 Å². The highest BCUT2D eigenvalue weighted by Crippen LogP contribution is 2.32. The van der Waals surface area contributed by atoms with E-state index in [9.17, 15) is 4.79 Å². The molecule has 1 heterocycles. The Morgan fingerprint density at radius 3 is 3.00 bits per heavy atom. The molecule has 0 radical (unpaired) electrons. The van der Waals surface area contributed by atoms with Gasteiger partial charge in [-0.1, -0.05) is 25.1 Å². The summed E-state index contributed by atoms with van der Waals surface area (Å²) in [6, 6.07) is 8.49. The zero-order chi connectivity index (χ0) is 13.7. The van der Waals surface area contributed by atoms with Crippen molar-refractivity contribution in [3.8, 4) is 0 Å². The number of amides is 1. The largest absolute Gasteiger partial charge is 0.375 e. The van der Waals surface area contributed by atoms with E-state index in [2.05, 4.69) is 18.3 Å². The molecule has 4 heteroatoms. The van der Waals surface area contributed by atoms with Crippen molar-refractivity contribution in [1.29, 1.82) is 0 Å². The summed E-state index contributed by atoms with van der Waals surface area (Å²) in [5.41, 5.74) is 2.24. The Balaban J connectivity index is 2.32. The van der Waals surface area contributed by atoms with Crippen LogP contribution in [0.1, 0.15) is 31.4 Å². The Morgan fingerprint density at radius 2 is 2.26 bits per heavy atom. The Morgan fingerprint density at radius 1 is 1.47 bits per heavy atom. The zero-order valence-corrected chi connectivity index (χ0v) is 11.7. The molecule has 1 aliphatic heterocycles. The van der Waals surface area contributed by atoms with Gasteiger partial charge in [-0.3, -0.25) is 4.79 Å². The van der Waals surface area contributed by atoms with Gasteiger partial charge in [0, 0.05) is 25.4 Å². The van der Waals surface area contributed by atoms with Crippen molar-refractivity contribution in [2.45, 2.75) is 25.8 Å². The quantitative estimate of drug-likeness (QED) is 0.903. The SMILES string of the molecule is CCNC1CCCN(C(=O)COC)c2ccccc21. The molecule has 1 aliphatic rings. The second-order valence-corrected chi connectivity index (χ2v) is 4.79. The average Bonchev–Trinajstić information content (AvgIpc) is 2.60. The first kappa shape index (κ1) is 14.0. The van der Waals surface area contributed by atoms with Crippen LogP contribution in [0.25, 0.3) is 0 Å². The number of carbonyl (C=O) groups excluding carboxylic acids is 1. The van der Waals surface area contributed by atoms with Gasteiger partial charge in [0.25, 0.3) is 5.91 Å². The smallest absolute Gasteiger partial charge is 0.252 e. The topological polar surface area (TPSA) is 41.6 Å². The van der Waals surface area contributed by atoms with E-state index in [1.807, 2.05) is 23.1 Å². The second-order valence-electron chi connectivity index (χ2n) is 4.79. The van der Waals surface area contributed by atoms with Gasteiger partial charge in [-0.15, -0.1) is 0 Å². The van der Waals surface area contributed by atoms with Crippen molar-refractivity contribution in [3.05, 3.63) is 29.8 Å². The van der Waals surface area contributed by atoms with Crippen LogP contribution in [0.2, 0.25) is 0 Å². The number of nitrogens with one attached hydrogen (secondary N) is 1. The molecule has 2 rings (SSSR count). The molecule has 0 saturated heterocycles. The lowest BCUT2D eigenvalue weighted by atomic mass is 10.0. The molecule has 1 N–H and O–H groups in total. The highest BCUT2D eigenvalue weighted by molar-refractivity contribution is 5.95. The minimum atomic E-state index is 0.0344. The number of rotatable bonds is 4. The summed E-state index contributed by atoms with van der Waals surface area (Å²) in [6.45, 7) is 3.95. The van der Waals surface area contributed by atoms with Gasteiger partial charge in [0.15, 0.2) is 0 Å². The van der Waals surface area contributed by atoms with Crippen LogP contribution in [0.3, 0.4) is 0 Å². The summed E-state index contributed by atoms with van der Waals surface area (Å²) in [5.74, 6) is 0.0344. The van der Waals surface area contributed by atoms with Crippen molar-refractivity contribution < 1.29 is 9.53 Å². The lowest BCUT2D eigenvalue weighted by molar-refractivity contribution is -0.122. The first-order valence-electron chi connectivity index (χ1n) is 6.89. The maximum absolute atomic E-state index is 12.2. The third kappa shape index (κ3) is 3.14. The Kier molecular flexibility index (Phi) is 4.93. The van der Waals surface area contributed by atoms with Crippen LogP contribution in [0.15, 0.2) is 24.3 Å². The van der Waals surface area contributed by atoms with Crippen molar-refractivity contribution in [1.82, 2.24) is 5.32 Å². The fraction of sp³-hybridized carbons (Fsp3) is 0.533. The number of nitrogens with zero attached hydrogens (tertiary/aromatic N) is 1. The minimum Gasteiger partial charge on any atom is -0.375 e. The Bertz CT molecular complexity index is 434. The number of fused-ring (bicyclic) bond motifs is 1. The summed E-state index contributed by atoms with van der Waals surface area (Å²) >= 11 is 0. The first-order chi connectivity index (χ1) is 9.27. The summed E-state index contributed by atoms with van der Waals surface area (Å²) in [4.78, 5) is 14.0. The van der Waals surface area contributed by atoms with Crippen LogP contribution >= 0.6 is 0 Å². The van der Waals surface area contributed by atoms with Crippen LogP contribution in [0, 0.1) is 0 Å². The van der Waals surface area contributed by atoms with E-state index >= 15 is 0 Å². The maximum atomic E-state index is 12.2. The van der Waals surface area contributed by atoms with E-state index in [0.717, 1.165) is 31.6 Å². The fourth-order valence-corrected chi connectivity index (χ4v) is 2.68. The number of hydrogen-bond donors (Lipinski definition) is 1. The van der Waals surface area contributed by atoms with Gasteiger partial charge in [-0.05, 0) is 31.0 Å². The highest BCUT2D eigenvalue weighted by Gasteiger charge is 2.25. The highest BCUT2D eigenvalue weighted by atomic mass is 16.5. The molecule has 1 amide bonds. The molecular weight excluding hydrogens is 240 g/mol. The van der Waals surface area contributed by atoms with Crippen LogP contribution in [0.4, 0.5) is 5.69 Å². The van der Waals surface area contributed by atoms with Crippen LogP contribution in [-0.2, 0) is 9.53 Å². The number of para-hydroxylation sites is 1. The average molecular weight is 262 g/mol. The van der Waals surface area contributed by atoms with Crippen molar-refractivity contribution >= 4 is 11.6 Å². The molecule has 0 fully saturated rings. The van der Waals surface area contributed by atoms with E-state index in [1.54, 1.807) is 7.11 Å². The molecule has 1 aromatic carbocycles. The van der Waals surface area contributed by atoms with E-state index in [0.29, 0.717) is 6.04 Å². The predicted octanol–water partition coefficient (Wildman–Crippen LogP) is 2.11. The van der Waals surface area contributed by atoms with Gasteiger partial charge in [-0.2, -0.15) is 0 Å². The molecule has 19 heavy (non-hydrogen) atoms. The summed E-state index contributed by atoms with van der Waals surface area (Å²) in [7, 11) is 1.56. The molecule has 0 bridgehead atoms. The maximum Gasteiger partial charge on any atom is 0.252 e. The molecule has 0 aliphatic carbocycles. The summed E-state index contributed by atoms with van der Waals surface area (Å²) < 4.78 is 4.98.